The maximum Gasteiger partial charge on any atom is 0.0898 e. The molecule has 0 bridgehead atoms. The first-order chi connectivity index (χ1) is 9.65. The van der Waals surface area contributed by atoms with Gasteiger partial charge in [0.25, 0.3) is 0 Å². The van der Waals surface area contributed by atoms with Crippen LogP contribution in [0.3, 0.4) is 0 Å². The number of fused-ring (bicyclic) bond motifs is 1. The van der Waals surface area contributed by atoms with E-state index in [1.54, 1.807) is 0 Å². The number of hydrogen-bond acceptors (Lipinski definition) is 1. The maximum absolute atomic E-state index is 5.98. The van der Waals surface area contributed by atoms with Crippen LogP contribution in [0.4, 0.5) is 0 Å². The minimum Gasteiger partial charge on any atom is -0.369 e. The third-order valence-corrected chi connectivity index (χ3v) is 4.02. The quantitative estimate of drug-likeness (QED) is 0.796. The predicted molar refractivity (Wildman–Crippen MR) is 83.7 cm³/mol. The molecule has 0 aliphatic carbocycles. The highest BCUT2D eigenvalue weighted by atomic mass is 16.5. The molecule has 2 heteroatoms. The lowest BCUT2D eigenvalue weighted by molar-refractivity contribution is 0.0918. The highest BCUT2D eigenvalue weighted by Gasteiger charge is 2.31. The van der Waals surface area contributed by atoms with E-state index in [9.17, 15) is 0 Å². The highest BCUT2D eigenvalue weighted by Crippen LogP contribution is 2.40. The molecular weight excluding hydrogens is 246 g/mol. The summed E-state index contributed by atoms with van der Waals surface area (Å²) >= 11 is 0. The van der Waals surface area contributed by atoms with Crippen LogP contribution in [-0.2, 0) is 4.74 Å². The number of hydrogen-bond donors (Lipinski definition) is 1. The van der Waals surface area contributed by atoms with Gasteiger partial charge in [0.2, 0.25) is 0 Å². The lowest BCUT2D eigenvalue weighted by atomic mass is 9.89. The zero-order valence-electron chi connectivity index (χ0n) is 12.1. The van der Waals surface area contributed by atoms with Gasteiger partial charge >= 0.3 is 0 Å². The number of benzene rings is 1. The van der Waals surface area contributed by atoms with Gasteiger partial charge in [-0.15, -0.1) is 0 Å². The average Bonchev–Trinajstić information content (AvgIpc) is 3.01. The summed E-state index contributed by atoms with van der Waals surface area (Å²) in [4.78, 5) is 3.23. The molecule has 3 rings (SSSR count). The fourth-order valence-electron chi connectivity index (χ4n) is 2.86. The standard InChI is InChI=1S/C18H21NO/c1-12(2)4-6-16-13(3)11-20-18(16)15-5-7-17-14(10-15)8-9-19-17/h4-5,7-10,16,18-19H,3,6,11H2,1-2H3/t16-,18+/m1/s1. The van der Waals surface area contributed by atoms with E-state index in [1.807, 2.05) is 6.20 Å². The monoisotopic (exact) mass is 267 g/mol. The Balaban J connectivity index is 1.90. The first kappa shape index (κ1) is 13.2. The van der Waals surface area contributed by atoms with E-state index < -0.39 is 0 Å². The Hall–Kier alpha value is -1.80. The van der Waals surface area contributed by atoms with E-state index in [1.165, 1.54) is 27.6 Å². The van der Waals surface area contributed by atoms with Gasteiger partial charge in [0.05, 0.1) is 12.7 Å². The van der Waals surface area contributed by atoms with Crippen LogP contribution in [-0.4, -0.2) is 11.6 Å². The molecule has 104 valence electrons. The Kier molecular flexibility index (Phi) is 3.49. The van der Waals surface area contributed by atoms with E-state index in [4.69, 9.17) is 4.74 Å². The minimum absolute atomic E-state index is 0.136. The normalized spacial score (nSPS) is 22.4. The lowest BCUT2D eigenvalue weighted by Crippen LogP contribution is -2.08. The van der Waals surface area contributed by atoms with Crippen molar-refractivity contribution >= 4 is 10.9 Å². The number of aromatic amines is 1. The van der Waals surface area contributed by atoms with E-state index in [0.717, 1.165) is 6.42 Å². The van der Waals surface area contributed by atoms with Gasteiger partial charge in [-0.1, -0.05) is 24.3 Å². The summed E-state index contributed by atoms with van der Waals surface area (Å²) < 4.78 is 5.98. The van der Waals surface area contributed by atoms with Gasteiger partial charge in [-0.25, -0.2) is 0 Å². The summed E-state index contributed by atoms with van der Waals surface area (Å²) in [6.07, 6.45) is 5.41. The SMILES string of the molecule is C=C1CO[C@@H](c2ccc3[nH]ccc3c2)[C@@H]1CC=C(C)C. The first-order valence-corrected chi connectivity index (χ1v) is 7.15. The van der Waals surface area contributed by atoms with Crippen molar-refractivity contribution in [2.45, 2.75) is 26.4 Å². The van der Waals surface area contributed by atoms with Gasteiger partial charge in [-0.2, -0.15) is 0 Å². The molecule has 20 heavy (non-hydrogen) atoms. The van der Waals surface area contributed by atoms with Gasteiger partial charge < -0.3 is 9.72 Å². The van der Waals surface area contributed by atoms with Crippen LogP contribution in [0.5, 0.6) is 0 Å². The van der Waals surface area contributed by atoms with Gasteiger partial charge in [0.15, 0.2) is 0 Å². The van der Waals surface area contributed by atoms with Crippen molar-refractivity contribution in [2.24, 2.45) is 5.92 Å². The predicted octanol–water partition coefficient (Wildman–Crippen LogP) is 4.77. The zero-order chi connectivity index (χ0) is 14.1. The third-order valence-electron chi connectivity index (χ3n) is 4.02. The number of allylic oxidation sites excluding steroid dienone is 2. The van der Waals surface area contributed by atoms with Crippen molar-refractivity contribution in [3.8, 4) is 0 Å². The van der Waals surface area contributed by atoms with Gasteiger partial charge in [-0.05, 0) is 55.0 Å². The molecule has 0 saturated carbocycles. The highest BCUT2D eigenvalue weighted by molar-refractivity contribution is 5.80. The summed E-state index contributed by atoms with van der Waals surface area (Å²) in [5.41, 5.74) is 4.99. The number of H-pyrrole nitrogens is 1. The van der Waals surface area contributed by atoms with Gasteiger partial charge in [-0.3, -0.25) is 0 Å². The second kappa shape index (κ2) is 5.29. The molecule has 0 spiro atoms. The van der Waals surface area contributed by atoms with E-state index >= 15 is 0 Å². The molecule has 1 N–H and O–H groups in total. The van der Waals surface area contributed by atoms with E-state index in [-0.39, 0.29) is 6.10 Å². The topological polar surface area (TPSA) is 25.0 Å². The third kappa shape index (κ3) is 2.44. The summed E-state index contributed by atoms with van der Waals surface area (Å²) in [6, 6.07) is 8.63. The number of nitrogens with one attached hydrogen (secondary N) is 1. The van der Waals surface area contributed by atoms with Crippen molar-refractivity contribution < 1.29 is 4.74 Å². The summed E-state index contributed by atoms with van der Waals surface area (Å²) in [5, 5.41) is 1.24. The molecular formula is C18H21NO. The molecule has 1 aromatic carbocycles. The second-order valence-electron chi connectivity index (χ2n) is 5.84. The molecule has 2 heterocycles. The van der Waals surface area contributed by atoms with Crippen LogP contribution < -0.4 is 0 Å². The maximum atomic E-state index is 5.98. The molecule has 0 radical (unpaired) electrons. The Morgan fingerprint density at radius 1 is 1.40 bits per heavy atom. The van der Waals surface area contributed by atoms with Crippen molar-refractivity contribution in [3.05, 3.63) is 59.8 Å². The van der Waals surface area contributed by atoms with Crippen LogP contribution in [0.2, 0.25) is 0 Å². The Morgan fingerprint density at radius 2 is 2.25 bits per heavy atom. The second-order valence-corrected chi connectivity index (χ2v) is 5.84. The fourth-order valence-corrected chi connectivity index (χ4v) is 2.86. The van der Waals surface area contributed by atoms with Crippen molar-refractivity contribution in [3.63, 3.8) is 0 Å². The van der Waals surface area contributed by atoms with Gasteiger partial charge in [0.1, 0.15) is 0 Å². The molecule has 1 aliphatic rings. The van der Waals surface area contributed by atoms with Crippen LogP contribution >= 0.6 is 0 Å². The Morgan fingerprint density at radius 3 is 3.05 bits per heavy atom. The van der Waals surface area contributed by atoms with Crippen LogP contribution in [0.25, 0.3) is 10.9 Å². The van der Waals surface area contributed by atoms with Gasteiger partial charge in [0, 0.05) is 17.6 Å². The summed E-state index contributed by atoms with van der Waals surface area (Å²) in [7, 11) is 0. The molecule has 1 fully saturated rings. The van der Waals surface area contributed by atoms with Crippen molar-refractivity contribution in [1.29, 1.82) is 0 Å². The van der Waals surface area contributed by atoms with E-state index in [2.05, 4.69) is 55.8 Å². The molecule has 2 atom stereocenters. The molecule has 1 aliphatic heterocycles. The van der Waals surface area contributed by atoms with Crippen molar-refractivity contribution in [2.75, 3.05) is 6.61 Å². The summed E-state index contributed by atoms with van der Waals surface area (Å²) in [6.45, 7) is 9.14. The lowest BCUT2D eigenvalue weighted by Gasteiger charge is -2.18. The van der Waals surface area contributed by atoms with Crippen LogP contribution in [0.15, 0.2) is 54.3 Å². The Labute approximate surface area is 120 Å². The van der Waals surface area contributed by atoms with Crippen LogP contribution in [0.1, 0.15) is 31.9 Å². The first-order valence-electron chi connectivity index (χ1n) is 7.15. The summed E-state index contributed by atoms with van der Waals surface area (Å²) in [5.74, 6) is 0.390. The van der Waals surface area contributed by atoms with Crippen LogP contribution in [0, 0.1) is 5.92 Å². The molecule has 1 aromatic heterocycles. The molecule has 0 unspecified atom stereocenters. The average molecular weight is 267 g/mol. The molecule has 0 amide bonds. The Bertz CT molecular complexity index is 661. The van der Waals surface area contributed by atoms with Crippen molar-refractivity contribution in [1.82, 2.24) is 4.98 Å². The number of aromatic nitrogens is 1. The molecule has 2 nitrogen and oxygen atoms in total. The smallest absolute Gasteiger partial charge is 0.0898 e. The largest absolute Gasteiger partial charge is 0.369 e. The molecule has 2 aromatic rings. The molecule has 1 saturated heterocycles. The fraction of sp³-hybridized carbons (Fsp3) is 0.333. The minimum atomic E-state index is 0.136. The number of ether oxygens (including phenoxy) is 1. The zero-order valence-corrected chi connectivity index (χ0v) is 12.1. The number of rotatable bonds is 3. The van der Waals surface area contributed by atoms with E-state index in [0.29, 0.717) is 12.5 Å².